The number of ether oxygens (including phenoxy) is 1. The van der Waals surface area contributed by atoms with E-state index in [1.165, 1.54) is 76.7 Å². The highest BCUT2D eigenvalue weighted by Gasteiger charge is 2.08. The van der Waals surface area contributed by atoms with Gasteiger partial charge in [0.2, 0.25) is 0 Å². The van der Waals surface area contributed by atoms with E-state index in [9.17, 15) is 0 Å². The van der Waals surface area contributed by atoms with Gasteiger partial charge in [-0.3, -0.25) is 0 Å². The first kappa shape index (κ1) is 20.9. The quantitative estimate of drug-likeness (QED) is 0.154. The third-order valence-electron chi connectivity index (χ3n) is 4.02. The summed E-state index contributed by atoms with van der Waals surface area (Å²) in [5.41, 5.74) is 0. The number of rotatable bonds is 16. The van der Waals surface area contributed by atoms with E-state index in [1.807, 2.05) is 13.0 Å². The molecule has 0 heterocycles. The summed E-state index contributed by atoms with van der Waals surface area (Å²) in [7, 11) is 0.720. The summed E-state index contributed by atoms with van der Waals surface area (Å²) in [6, 6.07) is 1.29. The molecule has 0 aromatic carbocycles. The Balaban J connectivity index is 3.13. The van der Waals surface area contributed by atoms with Crippen molar-refractivity contribution >= 4 is 9.04 Å². The average molecular weight is 315 g/mol. The molecular formula is C18H38O2Si. The summed E-state index contributed by atoms with van der Waals surface area (Å²) in [6.07, 6.45) is 17.1. The molecule has 0 saturated heterocycles. The zero-order valence-electron chi connectivity index (χ0n) is 14.7. The van der Waals surface area contributed by atoms with Gasteiger partial charge in [0.15, 0.2) is 9.04 Å². The molecule has 0 saturated carbocycles. The third-order valence-corrected chi connectivity index (χ3v) is 6.09. The minimum Gasteiger partial charge on any atom is -0.396 e. The summed E-state index contributed by atoms with van der Waals surface area (Å²) in [6.45, 7) is 8.03. The molecular weight excluding hydrogens is 276 g/mol. The van der Waals surface area contributed by atoms with Crippen LogP contribution in [0.3, 0.4) is 0 Å². The maximum Gasteiger partial charge on any atom is 0.177 e. The fourth-order valence-electron chi connectivity index (χ4n) is 2.59. The highest BCUT2D eigenvalue weighted by Crippen LogP contribution is 2.13. The summed E-state index contributed by atoms with van der Waals surface area (Å²) in [5, 5.41) is 0. The number of allylic oxidation sites excluding steroid dienone is 1. The van der Waals surface area contributed by atoms with E-state index in [1.54, 1.807) is 7.11 Å². The van der Waals surface area contributed by atoms with Crippen molar-refractivity contribution in [2.45, 2.75) is 96.4 Å². The molecule has 21 heavy (non-hydrogen) atoms. The molecule has 0 fully saturated rings. The largest absolute Gasteiger partial charge is 0.396 e. The van der Waals surface area contributed by atoms with E-state index < -0.39 is 9.04 Å². The van der Waals surface area contributed by atoms with Crippen molar-refractivity contribution in [3.05, 3.63) is 12.7 Å². The molecule has 2 atom stereocenters. The van der Waals surface area contributed by atoms with Gasteiger partial charge in [-0.2, -0.15) is 0 Å². The van der Waals surface area contributed by atoms with Gasteiger partial charge in [-0.25, -0.2) is 0 Å². The Kier molecular flexibility index (Phi) is 16.2. The minimum absolute atomic E-state index is 0.0156. The van der Waals surface area contributed by atoms with Crippen LogP contribution in [0, 0.1) is 0 Å². The van der Waals surface area contributed by atoms with Crippen LogP contribution >= 0.6 is 0 Å². The van der Waals surface area contributed by atoms with Gasteiger partial charge in [0.05, 0.1) is 0 Å². The Hall–Kier alpha value is -0.123. The Morgan fingerprint density at radius 3 is 1.86 bits per heavy atom. The first-order valence-corrected chi connectivity index (χ1v) is 11.4. The molecule has 0 aliphatic heterocycles. The topological polar surface area (TPSA) is 18.5 Å². The fraction of sp³-hybridized carbons (Fsp3) is 0.889. The molecule has 0 amide bonds. The predicted molar refractivity (Wildman–Crippen MR) is 96.4 cm³/mol. The molecule has 0 aliphatic rings. The number of unbranched alkanes of at least 4 members (excludes halogenated alkanes) is 10. The summed E-state index contributed by atoms with van der Waals surface area (Å²) in [4.78, 5) is 0. The van der Waals surface area contributed by atoms with Crippen LogP contribution in [-0.4, -0.2) is 22.4 Å². The van der Waals surface area contributed by atoms with Crippen LogP contribution in [0.1, 0.15) is 77.6 Å². The average Bonchev–Trinajstić information content (AvgIpc) is 2.48. The lowest BCUT2D eigenvalue weighted by molar-refractivity contribution is -0.0408. The molecule has 0 aromatic rings. The first-order chi connectivity index (χ1) is 10.2. The zero-order chi connectivity index (χ0) is 15.8. The lowest BCUT2D eigenvalue weighted by Crippen LogP contribution is -2.21. The fourth-order valence-corrected chi connectivity index (χ4v) is 4.35. The van der Waals surface area contributed by atoms with Crippen molar-refractivity contribution in [2.75, 3.05) is 7.11 Å². The van der Waals surface area contributed by atoms with E-state index in [-0.39, 0.29) is 6.29 Å². The summed E-state index contributed by atoms with van der Waals surface area (Å²) < 4.78 is 11.0. The molecule has 3 heteroatoms. The molecule has 0 aliphatic carbocycles. The van der Waals surface area contributed by atoms with Gasteiger partial charge >= 0.3 is 0 Å². The van der Waals surface area contributed by atoms with Crippen molar-refractivity contribution in [3.63, 3.8) is 0 Å². The molecule has 0 N–H and O–H groups in total. The molecule has 126 valence electrons. The maximum absolute atomic E-state index is 5.81. The molecule has 2 nitrogen and oxygen atoms in total. The number of methoxy groups -OCH3 is 1. The van der Waals surface area contributed by atoms with Crippen LogP contribution in [0.2, 0.25) is 12.6 Å². The van der Waals surface area contributed by atoms with Gasteiger partial charge in [0.1, 0.15) is 6.29 Å². The second kappa shape index (κ2) is 16.3. The predicted octanol–water partition coefficient (Wildman–Crippen LogP) is 5.83. The van der Waals surface area contributed by atoms with Crippen molar-refractivity contribution in [1.82, 2.24) is 0 Å². The molecule has 0 spiro atoms. The Bertz CT molecular complexity index is 221. The maximum atomic E-state index is 5.81. The zero-order valence-corrected chi connectivity index (χ0v) is 15.9. The van der Waals surface area contributed by atoms with Gasteiger partial charge in [-0.1, -0.05) is 63.9 Å². The molecule has 0 bridgehead atoms. The van der Waals surface area contributed by atoms with Gasteiger partial charge in [0, 0.05) is 7.11 Å². The van der Waals surface area contributed by atoms with Gasteiger partial charge in [0.25, 0.3) is 0 Å². The van der Waals surface area contributed by atoms with Crippen molar-refractivity contribution in [3.8, 4) is 0 Å². The van der Waals surface area contributed by atoms with Crippen molar-refractivity contribution in [1.29, 1.82) is 0 Å². The molecule has 0 aromatic heterocycles. The van der Waals surface area contributed by atoms with E-state index in [2.05, 4.69) is 13.1 Å². The Morgan fingerprint density at radius 1 is 0.905 bits per heavy atom. The normalized spacial score (nSPS) is 14.0. The third kappa shape index (κ3) is 16.1. The lowest BCUT2D eigenvalue weighted by Gasteiger charge is -2.16. The summed E-state index contributed by atoms with van der Waals surface area (Å²) in [5.74, 6) is 0. The van der Waals surface area contributed by atoms with Crippen molar-refractivity contribution in [2.24, 2.45) is 0 Å². The van der Waals surface area contributed by atoms with E-state index in [0.29, 0.717) is 0 Å². The molecule has 2 unspecified atom stereocenters. The van der Waals surface area contributed by atoms with Crippen LogP contribution in [0.25, 0.3) is 0 Å². The van der Waals surface area contributed by atoms with E-state index in [0.717, 1.165) is 0 Å². The highest BCUT2D eigenvalue weighted by atomic mass is 28.3. The van der Waals surface area contributed by atoms with Gasteiger partial charge in [-0.15, -0.1) is 6.58 Å². The monoisotopic (exact) mass is 314 g/mol. The van der Waals surface area contributed by atoms with Gasteiger partial charge < -0.3 is 9.16 Å². The Labute approximate surface area is 135 Å². The SMILES string of the molecule is C=CCCCCCCCCCCCC[SiH](C)OC(C)OC. The first-order valence-electron chi connectivity index (χ1n) is 8.99. The number of hydrogen-bond donors (Lipinski definition) is 0. The van der Waals surface area contributed by atoms with Crippen LogP contribution in [0.4, 0.5) is 0 Å². The summed E-state index contributed by atoms with van der Waals surface area (Å²) >= 11 is 0. The molecule has 0 rings (SSSR count). The van der Waals surface area contributed by atoms with Crippen LogP contribution in [-0.2, 0) is 9.16 Å². The highest BCUT2D eigenvalue weighted by molar-refractivity contribution is 6.50. The van der Waals surface area contributed by atoms with Gasteiger partial charge in [-0.05, 0) is 32.4 Å². The van der Waals surface area contributed by atoms with Crippen molar-refractivity contribution < 1.29 is 9.16 Å². The van der Waals surface area contributed by atoms with E-state index >= 15 is 0 Å². The van der Waals surface area contributed by atoms with E-state index in [4.69, 9.17) is 9.16 Å². The Morgan fingerprint density at radius 2 is 1.38 bits per heavy atom. The smallest absolute Gasteiger partial charge is 0.177 e. The lowest BCUT2D eigenvalue weighted by atomic mass is 10.1. The van der Waals surface area contributed by atoms with Crippen LogP contribution in [0.15, 0.2) is 12.7 Å². The molecule has 0 radical (unpaired) electrons. The van der Waals surface area contributed by atoms with Crippen LogP contribution < -0.4 is 0 Å². The second-order valence-electron chi connectivity index (χ2n) is 6.15. The minimum atomic E-state index is -0.994. The van der Waals surface area contributed by atoms with Crippen LogP contribution in [0.5, 0.6) is 0 Å². The number of hydrogen-bond acceptors (Lipinski definition) is 2. The second-order valence-corrected chi connectivity index (χ2v) is 8.62. The standard InChI is InChI=1S/C18H38O2Si/c1-5-6-7-8-9-10-11-12-13-14-15-16-17-21(4)20-18(2)19-3/h5,18,21H,1,6-17H2,2-4H3.